The zero-order valence-corrected chi connectivity index (χ0v) is 25.1. The van der Waals surface area contributed by atoms with Crippen molar-refractivity contribution in [1.29, 1.82) is 0 Å². The maximum absolute atomic E-state index is 13.5. The highest BCUT2D eigenvalue weighted by atomic mass is 16.2. The minimum atomic E-state index is -0.684. The zero-order valence-electron chi connectivity index (χ0n) is 25.1. The second-order valence-electron chi connectivity index (χ2n) is 11.2. The summed E-state index contributed by atoms with van der Waals surface area (Å²) in [6, 6.07) is 35.1. The molecule has 1 atom stereocenters. The molecule has 3 N–H and O–H groups in total. The van der Waals surface area contributed by atoms with Crippen LogP contribution in [-0.2, 0) is 16.0 Å². The normalized spacial score (nSPS) is 11.7. The van der Waals surface area contributed by atoms with Gasteiger partial charge in [-0.3, -0.25) is 9.59 Å². The molecule has 2 amide bonds. The lowest BCUT2D eigenvalue weighted by Crippen LogP contribution is -2.47. The van der Waals surface area contributed by atoms with Gasteiger partial charge in [-0.05, 0) is 66.6 Å². The second kappa shape index (κ2) is 15.0. The first-order valence-electron chi connectivity index (χ1n) is 15.4. The van der Waals surface area contributed by atoms with Gasteiger partial charge in [-0.15, -0.1) is 0 Å². The summed E-state index contributed by atoms with van der Waals surface area (Å²) in [5.41, 5.74) is 6.82. The maximum Gasteiger partial charge on any atom is 0.251 e. The molecule has 0 radical (unpaired) electrons. The molecule has 6 heteroatoms. The number of carbonyl (C=O) groups excluding carboxylic acids is 3. The van der Waals surface area contributed by atoms with Gasteiger partial charge in [0.1, 0.15) is 11.8 Å². The molecule has 1 unspecified atom stereocenters. The predicted molar refractivity (Wildman–Crippen MR) is 177 cm³/mol. The highest BCUT2D eigenvalue weighted by Crippen LogP contribution is 2.30. The van der Waals surface area contributed by atoms with Crippen LogP contribution in [0.2, 0.25) is 0 Å². The number of unbranched alkanes of at least 4 members (excludes halogenated alkanes) is 2. The molecule has 5 aromatic rings. The minimum absolute atomic E-state index is 0.165. The van der Waals surface area contributed by atoms with E-state index in [4.69, 9.17) is 0 Å². The Morgan fingerprint density at radius 1 is 0.727 bits per heavy atom. The molecule has 224 valence electrons. The van der Waals surface area contributed by atoms with Gasteiger partial charge < -0.3 is 20.4 Å². The Kier molecular flexibility index (Phi) is 10.4. The van der Waals surface area contributed by atoms with Gasteiger partial charge in [0.2, 0.25) is 5.91 Å². The van der Waals surface area contributed by atoms with Crippen LogP contribution in [0.3, 0.4) is 0 Å². The summed E-state index contributed by atoms with van der Waals surface area (Å²) in [6.45, 7) is 2.03. The number of para-hydroxylation sites is 1. The molecule has 1 aromatic heterocycles. The molecular weight excluding hydrogens is 546 g/mol. The van der Waals surface area contributed by atoms with Gasteiger partial charge in [-0.1, -0.05) is 104 Å². The van der Waals surface area contributed by atoms with E-state index in [9.17, 15) is 14.4 Å². The number of benzene rings is 4. The number of hydrogen-bond donors (Lipinski definition) is 3. The molecule has 0 saturated carbocycles. The number of rotatable bonds is 14. The van der Waals surface area contributed by atoms with E-state index in [0.717, 1.165) is 58.1 Å². The van der Waals surface area contributed by atoms with E-state index in [0.29, 0.717) is 31.4 Å². The van der Waals surface area contributed by atoms with E-state index in [1.54, 1.807) is 13.0 Å². The van der Waals surface area contributed by atoms with Crippen molar-refractivity contribution in [2.24, 2.45) is 0 Å². The van der Waals surface area contributed by atoms with Crippen molar-refractivity contribution in [3.8, 4) is 22.4 Å². The molecule has 44 heavy (non-hydrogen) atoms. The molecular formula is C38H39N3O3. The van der Waals surface area contributed by atoms with Crippen LogP contribution >= 0.6 is 0 Å². The summed E-state index contributed by atoms with van der Waals surface area (Å²) in [5, 5.41) is 7.23. The van der Waals surface area contributed by atoms with E-state index in [1.165, 1.54) is 0 Å². The predicted octanol–water partition coefficient (Wildman–Crippen LogP) is 7.50. The Morgan fingerprint density at radius 3 is 2.16 bits per heavy atom. The van der Waals surface area contributed by atoms with Gasteiger partial charge in [-0.25, -0.2) is 0 Å². The van der Waals surface area contributed by atoms with Crippen molar-refractivity contribution in [3.05, 3.63) is 120 Å². The van der Waals surface area contributed by atoms with Crippen LogP contribution in [0.25, 0.3) is 33.3 Å². The largest absolute Gasteiger partial charge is 0.354 e. The Hall–Kier alpha value is -4.97. The van der Waals surface area contributed by atoms with E-state index < -0.39 is 6.04 Å². The van der Waals surface area contributed by atoms with Crippen molar-refractivity contribution in [2.75, 3.05) is 6.54 Å². The minimum Gasteiger partial charge on any atom is -0.354 e. The molecule has 0 saturated heterocycles. The quantitative estimate of drug-likeness (QED) is 0.118. The third-order valence-corrected chi connectivity index (χ3v) is 7.93. The van der Waals surface area contributed by atoms with Crippen LogP contribution in [-0.4, -0.2) is 35.2 Å². The van der Waals surface area contributed by atoms with E-state index in [2.05, 4.69) is 39.9 Å². The number of H-pyrrole nitrogens is 1. The van der Waals surface area contributed by atoms with E-state index in [-0.39, 0.29) is 17.6 Å². The molecule has 4 aromatic carbocycles. The van der Waals surface area contributed by atoms with Crippen LogP contribution in [0.15, 0.2) is 109 Å². The highest BCUT2D eigenvalue weighted by Gasteiger charge is 2.22. The monoisotopic (exact) mass is 585 g/mol. The Morgan fingerprint density at radius 2 is 1.41 bits per heavy atom. The van der Waals surface area contributed by atoms with Gasteiger partial charge in [0.25, 0.3) is 5.91 Å². The van der Waals surface area contributed by atoms with Gasteiger partial charge in [0.15, 0.2) is 0 Å². The summed E-state index contributed by atoms with van der Waals surface area (Å²) in [5.74, 6) is -0.321. The number of aromatic nitrogens is 1. The van der Waals surface area contributed by atoms with Crippen molar-refractivity contribution in [1.82, 2.24) is 15.6 Å². The Bertz CT molecular complexity index is 1710. The fourth-order valence-electron chi connectivity index (χ4n) is 5.63. The molecule has 5 rings (SSSR count). The van der Waals surface area contributed by atoms with Gasteiger partial charge in [0, 0.05) is 35.1 Å². The first-order chi connectivity index (χ1) is 21.5. The van der Waals surface area contributed by atoms with E-state index in [1.807, 2.05) is 78.9 Å². The summed E-state index contributed by atoms with van der Waals surface area (Å²) in [6.07, 6.45) is 3.99. The molecule has 0 spiro atoms. The molecule has 0 bridgehead atoms. The second-order valence-corrected chi connectivity index (χ2v) is 11.2. The lowest BCUT2D eigenvalue weighted by atomic mass is 10.0. The lowest BCUT2D eigenvalue weighted by Gasteiger charge is -2.19. The molecule has 0 aliphatic rings. The molecule has 0 aliphatic carbocycles. The number of hydrogen-bond acceptors (Lipinski definition) is 3. The number of fused-ring (bicyclic) bond motifs is 1. The number of Topliss-reactive ketones (excluding diaryl/α,β-unsaturated/α-hetero) is 1. The van der Waals surface area contributed by atoms with Crippen LogP contribution in [0.5, 0.6) is 0 Å². The first-order valence-corrected chi connectivity index (χ1v) is 15.4. The molecule has 0 aliphatic heterocycles. The first kappa shape index (κ1) is 30.5. The maximum atomic E-state index is 13.5. The third kappa shape index (κ3) is 7.90. The smallest absolute Gasteiger partial charge is 0.251 e. The number of amides is 2. The number of nitrogens with one attached hydrogen (secondary N) is 3. The zero-order chi connectivity index (χ0) is 30.7. The topological polar surface area (TPSA) is 91.1 Å². The third-order valence-electron chi connectivity index (χ3n) is 7.93. The molecule has 0 fully saturated rings. The number of aromatic amines is 1. The van der Waals surface area contributed by atoms with Crippen LogP contribution < -0.4 is 10.6 Å². The number of carbonyl (C=O) groups is 3. The fourth-order valence-corrected chi connectivity index (χ4v) is 5.63. The van der Waals surface area contributed by atoms with Crippen molar-refractivity contribution in [2.45, 2.75) is 51.5 Å². The number of ketones is 1. The van der Waals surface area contributed by atoms with Crippen molar-refractivity contribution >= 4 is 28.5 Å². The van der Waals surface area contributed by atoms with Gasteiger partial charge in [0.05, 0.1) is 0 Å². The van der Waals surface area contributed by atoms with Crippen molar-refractivity contribution < 1.29 is 14.4 Å². The summed E-state index contributed by atoms with van der Waals surface area (Å²) in [4.78, 5) is 41.8. The lowest BCUT2D eigenvalue weighted by molar-refractivity contribution is -0.123. The summed E-state index contributed by atoms with van der Waals surface area (Å²) >= 11 is 0. The molecule has 1 heterocycles. The van der Waals surface area contributed by atoms with Crippen LogP contribution in [0, 0.1) is 0 Å². The molecule has 6 nitrogen and oxygen atoms in total. The van der Waals surface area contributed by atoms with Gasteiger partial charge in [-0.2, -0.15) is 0 Å². The summed E-state index contributed by atoms with van der Waals surface area (Å²) in [7, 11) is 0. The van der Waals surface area contributed by atoms with Crippen LogP contribution in [0.4, 0.5) is 0 Å². The average Bonchev–Trinajstić information content (AvgIpc) is 3.43. The standard InChI is InChI=1S/C38H39N3O3/c1-27(42)14-5-2-10-23-35(41-37(43)31-20-13-19-30(26-31)28-15-6-3-7-16-28)38(44)39-25-24-33-32-21-11-12-22-34(32)40-36(33)29-17-8-4-9-18-29/h3-4,6-9,11-13,15-22,26,35,40H,2,5,10,14,23-25H2,1H3,(H,39,44)(H,41,43). The SMILES string of the molecule is CC(=O)CCCCCC(NC(=O)c1cccc(-c2ccccc2)c1)C(=O)NCCc1c(-c2ccccc2)[nH]c2ccccc12. The average molecular weight is 586 g/mol. The van der Waals surface area contributed by atoms with Crippen molar-refractivity contribution in [3.63, 3.8) is 0 Å². The van der Waals surface area contributed by atoms with Crippen LogP contribution in [0.1, 0.15) is 54.9 Å². The fraction of sp³-hybridized carbons (Fsp3) is 0.237. The Labute approximate surface area is 258 Å². The van der Waals surface area contributed by atoms with E-state index >= 15 is 0 Å². The van der Waals surface area contributed by atoms with Gasteiger partial charge >= 0.3 is 0 Å². The summed E-state index contributed by atoms with van der Waals surface area (Å²) < 4.78 is 0. The Balaban J connectivity index is 1.28. The highest BCUT2D eigenvalue weighted by molar-refractivity contribution is 5.98.